The molecule has 1 fully saturated rings. The normalized spacial score (nSPS) is 22.2. The molecule has 0 N–H and O–H groups in total. The van der Waals surface area contributed by atoms with Crippen LogP contribution in [0.15, 0.2) is 89.8 Å². The molecular weight excluding hydrogens is 430 g/mol. The zero-order chi connectivity index (χ0) is 22.9. The highest BCUT2D eigenvalue weighted by Crippen LogP contribution is 2.44. The summed E-state index contributed by atoms with van der Waals surface area (Å²) in [5, 5.41) is 1.39. The van der Waals surface area contributed by atoms with Crippen LogP contribution in [0.4, 0.5) is 0 Å². The van der Waals surface area contributed by atoms with E-state index in [0.29, 0.717) is 10.4 Å². The van der Waals surface area contributed by atoms with Crippen LogP contribution >= 0.6 is 0 Å². The molecule has 0 aliphatic carbocycles. The van der Waals surface area contributed by atoms with Crippen LogP contribution in [-0.2, 0) is 16.4 Å². The summed E-state index contributed by atoms with van der Waals surface area (Å²) >= 11 is 0. The van der Waals surface area contributed by atoms with Gasteiger partial charge in [-0.2, -0.15) is 4.31 Å². The van der Waals surface area contributed by atoms with Crippen molar-refractivity contribution >= 4 is 23.3 Å². The van der Waals surface area contributed by atoms with Gasteiger partial charge in [0, 0.05) is 12.1 Å². The van der Waals surface area contributed by atoms with Crippen molar-refractivity contribution in [2.45, 2.75) is 62.3 Å². The van der Waals surface area contributed by atoms with Crippen molar-refractivity contribution in [3.05, 3.63) is 96.1 Å². The highest BCUT2D eigenvalue weighted by molar-refractivity contribution is 7.89. The predicted molar refractivity (Wildman–Crippen MR) is 136 cm³/mol. The van der Waals surface area contributed by atoms with Gasteiger partial charge in [0.25, 0.3) is 0 Å². The Bertz CT molecular complexity index is 1150. The molecule has 1 aliphatic rings. The molecule has 0 bridgehead atoms. The van der Waals surface area contributed by atoms with Gasteiger partial charge in [-0.25, -0.2) is 8.42 Å². The fourth-order valence-corrected chi connectivity index (χ4v) is 11.1. The molecule has 3 aromatic carbocycles. The Morgan fingerprint density at radius 1 is 0.875 bits per heavy atom. The molecule has 4 rings (SSSR count). The molecule has 0 unspecified atom stereocenters. The second-order valence-electron chi connectivity index (χ2n) is 9.66. The van der Waals surface area contributed by atoms with Crippen molar-refractivity contribution in [3.63, 3.8) is 0 Å². The summed E-state index contributed by atoms with van der Waals surface area (Å²) in [4.78, 5) is 0.396. The second kappa shape index (κ2) is 8.97. The molecule has 0 aromatic heterocycles. The van der Waals surface area contributed by atoms with E-state index >= 15 is 0 Å². The van der Waals surface area contributed by atoms with E-state index in [1.54, 1.807) is 12.1 Å². The molecule has 1 saturated heterocycles. The highest BCUT2D eigenvalue weighted by Gasteiger charge is 2.51. The van der Waals surface area contributed by atoms with E-state index in [1.807, 2.05) is 41.6 Å². The molecule has 0 spiro atoms. The maximum absolute atomic E-state index is 13.9. The number of hydrogen-bond donors (Lipinski definition) is 0. The smallest absolute Gasteiger partial charge is 0.207 e. The Morgan fingerprint density at radius 3 is 2.03 bits per heavy atom. The SMILES string of the molecule is Cc1ccc(S(=O)(=O)N2[C@@H](Cc3ccccc3)C[C@H]([Si](C)(C)c3ccccc3)[C@H]2C)cc1. The lowest BCUT2D eigenvalue weighted by molar-refractivity contribution is 0.332. The Hall–Kier alpha value is -2.21. The third-order valence-corrected chi connectivity index (χ3v) is 13.7. The van der Waals surface area contributed by atoms with Gasteiger partial charge in [0.05, 0.1) is 13.0 Å². The van der Waals surface area contributed by atoms with Crippen LogP contribution in [0.5, 0.6) is 0 Å². The number of benzene rings is 3. The lowest BCUT2D eigenvalue weighted by Crippen LogP contribution is -2.50. The topological polar surface area (TPSA) is 37.4 Å². The van der Waals surface area contributed by atoms with Crippen LogP contribution < -0.4 is 5.19 Å². The van der Waals surface area contributed by atoms with Crippen molar-refractivity contribution in [1.29, 1.82) is 0 Å². The Kier molecular flexibility index (Phi) is 6.43. The molecular formula is C27H33NO2SSi. The van der Waals surface area contributed by atoms with Gasteiger partial charge in [0.2, 0.25) is 10.0 Å². The summed E-state index contributed by atoms with van der Waals surface area (Å²) in [6.07, 6.45) is 1.64. The third-order valence-electron chi connectivity index (χ3n) is 7.22. The van der Waals surface area contributed by atoms with Gasteiger partial charge in [0.1, 0.15) is 0 Å². The molecule has 1 heterocycles. The number of nitrogens with zero attached hydrogens (tertiary/aromatic N) is 1. The Labute approximate surface area is 194 Å². The maximum atomic E-state index is 13.9. The molecule has 0 saturated carbocycles. The van der Waals surface area contributed by atoms with Gasteiger partial charge in [0.15, 0.2) is 0 Å². The lowest BCUT2D eigenvalue weighted by atomic mass is 10.0. The molecule has 3 aromatic rings. The number of aryl methyl sites for hydroxylation is 1. The van der Waals surface area contributed by atoms with E-state index in [9.17, 15) is 8.42 Å². The standard InChI is InChI=1S/C27H33NO2SSi/c1-21-15-17-25(18-16-21)31(29,30)28-22(2)27(32(3,4)26-13-9-6-10-14-26)20-24(28)19-23-11-7-5-8-12-23/h5-18,22,24,27H,19-20H2,1-4H3/t22-,24+,27+/m1/s1. The Balaban J connectivity index is 1.75. The first kappa shape index (κ1) is 23.0. The van der Waals surface area contributed by atoms with E-state index in [0.717, 1.165) is 18.4 Å². The van der Waals surface area contributed by atoms with Crippen molar-refractivity contribution in [2.24, 2.45) is 0 Å². The summed E-state index contributed by atoms with van der Waals surface area (Å²) < 4.78 is 29.7. The summed E-state index contributed by atoms with van der Waals surface area (Å²) in [5.74, 6) is 0. The summed E-state index contributed by atoms with van der Waals surface area (Å²) in [6, 6.07) is 28.2. The summed E-state index contributed by atoms with van der Waals surface area (Å²) in [6.45, 7) is 8.90. The van der Waals surface area contributed by atoms with E-state index < -0.39 is 18.1 Å². The number of sulfonamides is 1. The predicted octanol–water partition coefficient (Wildman–Crippen LogP) is 5.38. The van der Waals surface area contributed by atoms with Crippen molar-refractivity contribution < 1.29 is 8.42 Å². The van der Waals surface area contributed by atoms with Crippen molar-refractivity contribution in [3.8, 4) is 0 Å². The van der Waals surface area contributed by atoms with Crippen LogP contribution in [0.2, 0.25) is 18.6 Å². The highest BCUT2D eigenvalue weighted by atomic mass is 32.2. The molecule has 3 nitrogen and oxygen atoms in total. The van der Waals surface area contributed by atoms with Crippen molar-refractivity contribution in [1.82, 2.24) is 4.31 Å². The van der Waals surface area contributed by atoms with Crippen LogP contribution in [0, 0.1) is 6.92 Å². The molecule has 0 amide bonds. The summed E-state index contributed by atoms with van der Waals surface area (Å²) in [7, 11) is -5.50. The Morgan fingerprint density at radius 2 is 1.44 bits per heavy atom. The first-order valence-electron chi connectivity index (χ1n) is 11.4. The largest absolute Gasteiger partial charge is 0.243 e. The summed E-state index contributed by atoms with van der Waals surface area (Å²) in [5.41, 5.74) is 2.60. The average molecular weight is 464 g/mol. The number of hydrogen-bond acceptors (Lipinski definition) is 2. The zero-order valence-corrected chi connectivity index (χ0v) is 21.2. The fraction of sp³-hybridized carbons (Fsp3) is 0.333. The minimum absolute atomic E-state index is 0.0424. The molecule has 5 heteroatoms. The van der Waals surface area contributed by atoms with Crippen LogP contribution in [0.3, 0.4) is 0 Å². The second-order valence-corrected chi connectivity index (χ2v) is 16.3. The van der Waals surface area contributed by atoms with Crippen LogP contribution in [0.25, 0.3) is 0 Å². The average Bonchev–Trinajstić information content (AvgIpc) is 3.12. The van der Waals surface area contributed by atoms with Gasteiger partial charge < -0.3 is 0 Å². The van der Waals surface area contributed by atoms with E-state index in [2.05, 4.69) is 62.5 Å². The first-order chi connectivity index (χ1) is 15.2. The quantitative estimate of drug-likeness (QED) is 0.461. The van der Waals surface area contributed by atoms with Gasteiger partial charge in [-0.1, -0.05) is 96.6 Å². The van der Waals surface area contributed by atoms with Gasteiger partial charge >= 0.3 is 0 Å². The molecule has 168 valence electrons. The van der Waals surface area contributed by atoms with Crippen LogP contribution in [-0.4, -0.2) is 32.9 Å². The van der Waals surface area contributed by atoms with Crippen molar-refractivity contribution in [2.75, 3.05) is 0 Å². The van der Waals surface area contributed by atoms with E-state index in [-0.39, 0.29) is 12.1 Å². The fourth-order valence-electron chi connectivity index (χ4n) is 5.39. The molecule has 32 heavy (non-hydrogen) atoms. The minimum atomic E-state index is -3.59. The van der Waals surface area contributed by atoms with E-state index in [1.165, 1.54) is 10.8 Å². The molecule has 1 aliphatic heterocycles. The van der Waals surface area contributed by atoms with Gasteiger partial charge in [-0.15, -0.1) is 0 Å². The molecule has 0 radical (unpaired) electrons. The van der Waals surface area contributed by atoms with Gasteiger partial charge in [-0.3, -0.25) is 0 Å². The maximum Gasteiger partial charge on any atom is 0.243 e. The van der Waals surface area contributed by atoms with Gasteiger partial charge in [-0.05, 0) is 49.9 Å². The first-order valence-corrected chi connectivity index (χ1v) is 15.9. The lowest BCUT2D eigenvalue weighted by Gasteiger charge is -2.35. The van der Waals surface area contributed by atoms with E-state index in [4.69, 9.17) is 0 Å². The minimum Gasteiger partial charge on any atom is -0.207 e. The third kappa shape index (κ3) is 4.34. The molecule has 3 atom stereocenters. The van der Waals surface area contributed by atoms with Crippen LogP contribution in [0.1, 0.15) is 24.5 Å². The monoisotopic (exact) mass is 463 g/mol. The number of rotatable bonds is 6. The zero-order valence-electron chi connectivity index (χ0n) is 19.4.